The average Bonchev–Trinajstić information content (AvgIpc) is 3.63. The molecular formula is C54H41N5. The van der Waals surface area contributed by atoms with E-state index in [0.717, 1.165) is 72.9 Å². The summed E-state index contributed by atoms with van der Waals surface area (Å²) in [5, 5.41) is 2.41. The molecule has 5 nitrogen and oxygen atoms in total. The van der Waals surface area contributed by atoms with Gasteiger partial charge in [0.1, 0.15) is 0 Å². The molecule has 0 aliphatic rings. The van der Waals surface area contributed by atoms with Crippen molar-refractivity contribution in [3.8, 4) is 73.5 Å². The first kappa shape index (κ1) is 35.9. The van der Waals surface area contributed by atoms with E-state index in [2.05, 4.69) is 171 Å². The minimum atomic E-state index is -0.00148. The molecule has 3 heterocycles. The summed E-state index contributed by atoms with van der Waals surface area (Å²) >= 11 is 0. The van der Waals surface area contributed by atoms with Crippen LogP contribution >= 0.6 is 0 Å². The zero-order valence-corrected chi connectivity index (χ0v) is 33.2. The maximum atomic E-state index is 5.38. The number of fused-ring (bicyclic) bond motifs is 3. The highest BCUT2D eigenvalue weighted by molar-refractivity contribution is 6.10. The van der Waals surface area contributed by atoms with Crippen LogP contribution in [0, 0.1) is 0 Å². The van der Waals surface area contributed by atoms with Gasteiger partial charge >= 0.3 is 0 Å². The minimum absolute atomic E-state index is 0.00148. The van der Waals surface area contributed by atoms with E-state index >= 15 is 0 Å². The number of nitrogens with zero attached hydrogens (tertiary/aromatic N) is 5. The summed E-state index contributed by atoms with van der Waals surface area (Å²) in [6.45, 7) is 6.81. The van der Waals surface area contributed by atoms with E-state index in [1.54, 1.807) is 0 Å². The van der Waals surface area contributed by atoms with Crippen molar-refractivity contribution in [3.05, 3.63) is 200 Å². The molecule has 0 saturated carbocycles. The first-order chi connectivity index (χ1) is 28.9. The molecule has 0 fully saturated rings. The van der Waals surface area contributed by atoms with Crippen molar-refractivity contribution in [2.75, 3.05) is 0 Å². The zero-order valence-electron chi connectivity index (χ0n) is 33.2. The summed E-state index contributed by atoms with van der Waals surface area (Å²) in [5.74, 6) is 1.29. The number of hydrogen-bond acceptors (Lipinski definition) is 4. The number of aromatic nitrogens is 5. The monoisotopic (exact) mass is 759 g/mol. The summed E-state index contributed by atoms with van der Waals surface area (Å²) in [7, 11) is 0. The summed E-state index contributed by atoms with van der Waals surface area (Å²) in [6.07, 6.45) is 0. The maximum Gasteiger partial charge on any atom is 0.162 e. The van der Waals surface area contributed by atoms with Crippen LogP contribution in [0.25, 0.3) is 95.3 Å². The largest absolute Gasteiger partial charge is 0.309 e. The van der Waals surface area contributed by atoms with E-state index in [9.17, 15) is 0 Å². The predicted octanol–water partition coefficient (Wildman–Crippen LogP) is 13.7. The van der Waals surface area contributed by atoms with E-state index in [0.29, 0.717) is 11.6 Å². The molecule has 7 aromatic carbocycles. The fourth-order valence-electron chi connectivity index (χ4n) is 7.92. The molecule has 0 spiro atoms. The number of para-hydroxylation sites is 1. The first-order valence-corrected chi connectivity index (χ1v) is 20.1. The van der Waals surface area contributed by atoms with E-state index in [1.807, 2.05) is 48.5 Å². The Morgan fingerprint density at radius 2 is 0.814 bits per heavy atom. The predicted molar refractivity (Wildman–Crippen MR) is 243 cm³/mol. The summed E-state index contributed by atoms with van der Waals surface area (Å²) < 4.78 is 2.38. The summed E-state index contributed by atoms with van der Waals surface area (Å²) in [6, 6.07) is 67.6. The van der Waals surface area contributed by atoms with Gasteiger partial charge in [-0.25, -0.2) is 19.9 Å². The van der Waals surface area contributed by atoms with Crippen LogP contribution in [0.15, 0.2) is 194 Å². The number of hydrogen-bond donors (Lipinski definition) is 0. The molecule has 0 aliphatic heterocycles. The Hall–Kier alpha value is -7.50. The highest BCUT2D eigenvalue weighted by Crippen LogP contribution is 2.40. The molecule has 0 saturated heterocycles. The van der Waals surface area contributed by atoms with Gasteiger partial charge in [-0.2, -0.15) is 0 Å². The van der Waals surface area contributed by atoms with Crippen LogP contribution in [0.5, 0.6) is 0 Å². The normalized spacial score (nSPS) is 11.6. The molecule has 3 aromatic heterocycles. The fourth-order valence-corrected chi connectivity index (χ4v) is 7.92. The highest BCUT2D eigenvalue weighted by Gasteiger charge is 2.22. The van der Waals surface area contributed by atoms with Crippen molar-refractivity contribution in [2.24, 2.45) is 0 Å². The molecule has 282 valence electrons. The molecule has 10 rings (SSSR count). The molecule has 0 atom stereocenters. The first-order valence-electron chi connectivity index (χ1n) is 20.1. The Morgan fingerprint density at radius 3 is 1.36 bits per heavy atom. The fraction of sp³-hybridized carbons (Fsp3) is 0.0741. The Morgan fingerprint density at radius 1 is 0.356 bits per heavy atom. The SMILES string of the molecule is CC(C)(C)c1ccc2c(c1)c1ccccc1n2-c1ccc(-c2cc(-c3ccccc3)nc(-c3ccccc3)n2)cc1-c1nc(-c2ccccc2)cc(-c2ccccc2)n1. The minimum Gasteiger partial charge on any atom is -0.309 e. The number of benzene rings is 7. The van der Waals surface area contributed by atoms with Crippen molar-refractivity contribution in [1.29, 1.82) is 0 Å². The van der Waals surface area contributed by atoms with Crippen molar-refractivity contribution in [2.45, 2.75) is 26.2 Å². The molecule has 0 radical (unpaired) electrons. The lowest BCUT2D eigenvalue weighted by Gasteiger charge is -2.19. The molecule has 59 heavy (non-hydrogen) atoms. The Kier molecular flexibility index (Phi) is 8.99. The lowest BCUT2D eigenvalue weighted by atomic mass is 9.86. The van der Waals surface area contributed by atoms with Gasteiger partial charge in [0.15, 0.2) is 11.6 Å². The molecule has 5 heteroatoms. The van der Waals surface area contributed by atoms with Gasteiger partial charge in [0.2, 0.25) is 0 Å². The Labute approximate surface area is 344 Å². The second-order valence-electron chi connectivity index (χ2n) is 16.0. The second-order valence-corrected chi connectivity index (χ2v) is 16.0. The second kappa shape index (κ2) is 14.8. The van der Waals surface area contributed by atoms with Crippen LogP contribution in [0.2, 0.25) is 0 Å². The lowest BCUT2D eigenvalue weighted by molar-refractivity contribution is 0.591. The van der Waals surface area contributed by atoms with Crippen LogP contribution in [-0.2, 0) is 5.41 Å². The molecule has 0 amide bonds. The highest BCUT2D eigenvalue weighted by atomic mass is 15.0. The lowest BCUT2D eigenvalue weighted by Crippen LogP contribution is -2.10. The molecule has 0 aliphatic carbocycles. The molecule has 0 N–H and O–H groups in total. The van der Waals surface area contributed by atoms with Crippen molar-refractivity contribution >= 4 is 21.8 Å². The van der Waals surface area contributed by atoms with Gasteiger partial charge in [-0.15, -0.1) is 0 Å². The summed E-state index contributed by atoms with van der Waals surface area (Å²) in [4.78, 5) is 21.1. The quantitative estimate of drug-likeness (QED) is 0.162. The van der Waals surface area contributed by atoms with Crippen LogP contribution in [-0.4, -0.2) is 24.5 Å². The van der Waals surface area contributed by atoms with Crippen LogP contribution < -0.4 is 0 Å². The van der Waals surface area contributed by atoms with Crippen molar-refractivity contribution in [1.82, 2.24) is 24.5 Å². The van der Waals surface area contributed by atoms with Gasteiger partial charge in [0.05, 0.1) is 39.5 Å². The third-order valence-corrected chi connectivity index (χ3v) is 11.0. The molecular weight excluding hydrogens is 719 g/mol. The van der Waals surface area contributed by atoms with Gasteiger partial charge in [0.25, 0.3) is 0 Å². The van der Waals surface area contributed by atoms with Gasteiger partial charge in [0, 0.05) is 44.2 Å². The smallest absolute Gasteiger partial charge is 0.162 e. The zero-order chi connectivity index (χ0) is 39.9. The van der Waals surface area contributed by atoms with Gasteiger partial charge in [-0.1, -0.05) is 172 Å². The van der Waals surface area contributed by atoms with E-state index in [4.69, 9.17) is 19.9 Å². The van der Waals surface area contributed by atoms with Gasteiger partial charge in [-0.3, -0.25) is 0 Å². The topological polar surface area (TPSA) is 56.5 Å². The molecule has 10 aromatic rings. The standard InChI is InChI=1S/C54H41N5/c1-54(2,3)41-29-31-50-43(33-41)42-26-16-17-27-49(42)59(50)51-30-28-40(48-35-45(36-18-8-4-9-19-36)55-52(56-48)39-24-14-7-15-25-39)32-44(51)53-57-46(37-20-10-5-11-21-37)34-47(58-53)38-22-12-6-13-23-38/h4-35H,1-3H3. The molecule has 0 bridgehead atoms. The van der Waals surface area contributed by atoms with Crippen molar-refractivity contribution in [3.63, 3.8) is 0 Å². The van der Waals surface area contributed by atoms with Gasteiger partial charge in [-0.05, 0) is 53.4 Å². The number of rotatable bonds is 7. The third-order valence-electron chi connectivity index (χ3n) is 11.0. The van der Waals surface area contributed by atoms with Gasteiger partial charge < -0.3 is 4.57 Å². The third kappa shape index (κ3) is 6.87. The Balaban J connectivity index is 1.27. The average molecular weight is 760 g/mol. The van der Waals surface area contributed by atoms with Crippen LogP contribution in [0.4, 0.5) is 0 Å². The van der Waals surface area contributed by atoms with Crippen molar-refractivity contribution < 1.29 is 0 Å². The van der Waals surface area contributed by atoms with Crippen LogP contribution in [0.1, 0.15) is 26.3 Å². The van der Waals surface area contributed by atoms with E-state index in [-0.39, 0.29) is 5.41 Å². The van der Waals surface area contributed by atoms with E-state index < -0.39 is 0 Å². The maximum absolute atomic E-state index is 5.38. The molecule has 0 unspecified atom stereocenters. The summed E-state index contributed by atoms with van der Waals surface area (Å²) in [5.41, 5.74) is 13.7. The van der Waals surface area contributed by atoms with E-state index in [1.165, 1.54) is 16.3 Å². The Bertz CT molecular complexity index is 3000. The van der Waals surface area contributed by atoms with Crippen LogP contribution in [0.3, 0.4) is 0 Å².